The van der Waals surface area contributed by atoms with Crippen molar-refractivity contribution in [3.8, 4) is 5.75 Å². The zero-order chi connectivity index (χ0) is 17.6. The Morgan fingerprint density at radius 2 is 1.67 bits per heavy atom. The Morgan fingerprint density at radius 3 is 2.21 bits per heavy atom. The number of rotatable bonds is 6. The second-order valence-corrected chi connectivity index (χ2v) is 6.49. The molecule has 0 aliphatic rings. The molecule has 0 N–H and O–H groups in total. The minimum Gasteiger partial charge on any atom is -0.489 e. The predicted octanol–water partition coefficient (Wildman–Crippen LogP) is 3.89. The van der Waals surface area contributed by atoms with Crippen LogP contribution in [0.1, 0.15) is 37.8 Å². The van der Waals surface area contributed by atoms with E-state index in [0.29, 0.717) is 24.2 Å². The third kappa shape index (κ3) is 5.23. The van der Waals surface area contributed by atoms with Crippen molar-refractivity contribution in [3.05, 3.63) is 65.7 Å². The first-order valence-electron chi connectivity index (χ1n) is 7.84. The maximum Gasteiger partial charge on any atom is 0.321 e. The molecule has 0 aromatic heterocycles. The minimum absolute atomic E-state index is 0.462. The maximum atomic E-state index is 12.1. The molecule has 0 fully saturated rings. The fraction of sp³-hybridized carbons (Fsp3) is 0.300. The number of carbonyl (C=O) groups excluding carboxylic acids is 2. The van der Waals surface area contributed by atoms with Gasteiger partial charge in [-0.15, -0.1) is 0 Å². The third-order valence-corrected chi connectivity index (χ3v) is 3.28. The van der Waals surface area contributed by atoms with Crippen molar-refractivity contribution >= 4 is 12.3 Å². The number of aldehydes is 1. The Balaban J connectivity index is 2.01. The Bertz CT molecular complexity index is 669. The summed E-state index contributed by atoms with van der Waals surface area (Å²) in [5, 5.41) is 0. The summed E-state index contributed by atoms with van der Waals surface area (Å²) in [5.74, 6) is -0.792. The van der Waals surface area contributed by atoms with Gasteiger partial charge < -0.3 is 14.3 Å². The van der Waals surface area contributed by atoms with Crippen molar-refractivity contribution in [2.45, 2.75) is 38.9 Å². The van der Waals surface area contributed by atoms with Gasteiger partial charge in [0.1, 0.15) is 30.2 Å². The first kappa shape index (κ1) is 17.7. The van der Waals surface area contributed by atoms with Crippen LogP contribution < -0.4 is 4.74 Å². The van der Waals surface area contributed by atoms with Crippen LogP contribution in [0.25, 0.3) is 0 Å². The van der Waals surface area contributed by atoms with Gasteiger partial charge in [-0.05, 0) is 44.0 Å². The second kappa shape index (κ2) is 7.77. The fourth-order valence-corrected chi connectivity index (χ4v) is 2.15. The zero-order valence-corrected chi connectivity index (χ0v) is 14.2. The van der Waals surface area contributed by atoms with Crippen molar-refractivity contribution < 1.29 is 19.1 Å². The van der Waals surface area contributed by atoms with Gasteiger partial charge >= 0.3 is 5.97 Å². The molecular weight excluding hydrogens is 304 g/mol. The molecule has 1 unspecified atom stereocenters. The topological polar surface area (TPSA) is 52.6 Å². The molecule has 0 radical (unpaired) electrons. The summed E-state index contributed by atoms with van der Waals surface area (Å²) < 4.78 is 11.0. The molecule has 0 bridgehead atoms. The largest absolute Gasteiger partial charge is 0.489 e. The van der Waals surface area contributed by atoms with E-state index in [0.717, 1.165) is 5.56 Å². The Kier molecular flexibility index (Phi) is 5.74. The van der Waals surface area contributed by atoms with Crippen LogP contribution in [0.15, 0.2) is 54.6 Å². The number of ether oxygens (including phenoxy) is 2. The zero-order valence-electron chi connectivity index (χ0n) is 14.2. The van der Waals surface area contributed by atoms with E-state index in [1.54, 1.807) is 45.0 Å². The number of carbonyl (C=O) groups is 2. The van der Waals surface area contributed by atoms with E-state index in [-0.39, 0.29) is 0 Å². The van der Waals surface area contributed by atoms with E-state index in [2.05, 4.69) is 0 Å². The van der Waals surface area contributed by atoms with Gasteiger partial charge in [0.15, 0.2) is 0 Å². The van der Waals surface area contributed by atoms with Crippen molar-refractivity contribution in [2.75, 3.05) is 0 Å². The number of benzene rings is 2. The summed E-state index contributed by atoms with van der Waals surface area (Å²) in [6.45, 7) is 5.78. The lowest BCUT2D eigenvalue weighted by atomic mass is 10.0. The molecule has 0 spiro atoms. The summed E-state index contributed by atoms with van der Waals surface area (Å²) in [5.41, 5.74) is 1.03. The molecule has 4 heteroatoms. The smallest absolute Gasteiger partial charge is 0.321 e. The fourth-order valence-electron chi connectivity index (χ4n) is 2.15. The molecule has 2 aromatic rings. The number of hydrogen-bond acceptors (Lipinski definition) is 4. The lowest BCUT2D eigenvalue weighted by Gasteiger charge is -2.22. The molecule has 0 saturated carbocycles. The van der Waals surface area contributed by atoms with Crippen molar-refractivity contribution in [3.63, 3.8) is 0 Å². The Labute approximate surface area is 142 Å². The molecule has 0 heterocycles. The van der Waals surface area contributed by atoms with Gasteiger partial charge in [-0.2, -0.15) is 0 Å². The van der Waals surface area contributed by atoms with Crippen LogP contribution in [0, 0.1) is 0 Å². The van der Waals surface area contributed by atoms with Crippen LogP contribution in [0.3, 0.4) is 0 Å². The van der Waals surface area contributed by atoms with Gasteiger partial charge in [0.25, 0.3) is 0 Å². The molecule has 0 aliphatic carbocycles. The summed E-state index contributed by atoms with van der Waals surface area (Å²) in [7, 11) is 0. The highest BCUT2D eigenvalue weighted by molar-refractivity contribution is 5.94. The van der Waals surface area contributed by atoms with E-state index in [1.165, 1.54) is 0 Å². The van der Waals surface area contributed by atoms with Gasteiger partial charge in [0.2, 0.25) is 0 Å². The van der Waals surface area contributed by atoms with Crippen LogP contribution in [-0.4, -0.2) is 17.9 Å². The Morgan fingerprint density at radius 1 is 1.04 bits per heavy atom. The summed E-state index contributed by atoms with van der Waals surface area (Å²) >= 11 is 0. The van der Waals surface area contributed by atoms with Crippen molar-refractivity contribution in [2.24, 2.45) is 0 Å². The van der Waals surface area contributed by atoms with E-state index < -0.39 is 17.5 Å². The molecule has 0 saturated heterocycles. The van der Waals surface area contributed by atoms with Crippen molar-refractivity contribution in [1.29, 1.82) is 0 Å². The first-order valence-corrected chi connectivity index (χ1v) is 7.84. The van der Waals surface area contributed by atoms with Crippen LogP contribution in [0.4, 0.5) is 0 Å². The van der Waals surface area contributed by atoms with Crippen LogP contribution >= 0.6 is 0 Å². The van der Waals surface area contributed by atoms with E-state index >= 15 is 0 Å². The van der Waals surface area contributed by atoms with E-state index in [4.69, 9.17) is 9.47 Å². The van der Waals surface area contributed by atoms with Crippen LogP contribution in [-0.2, 0) is 20.9 Å². The highest BCUT2D eigenvalue weighted by Crippen LogP contribution is 2.22. The molecule has 24 heavy (non-hydrogen) atoms. The molecule has 0 amide bonds. The molecule has 1 atom stereocenters. The van der Waals surface area contributed by atoms with Gasteiger partial charge in [-0.1, -0.05) is 42.5 Å². The number of esters is 1. The van der Waals surface area contributed by atoms with Gasteiger partial charge in [-0.25, -0.2) is 0 Å². The molecular formula is C20H22O4. The van der Waals surface area contributed by atoms with Gasteiger partial charge in [0, 0.05) is 0 Å². The second-order valence-electron chi connectivity index (χ2n) is 6.49. The molecule has 0 aliphatic heterocycles. The molecule has 4 nitrogen and oxygen atoms in total. The van der Waals surface area contributed by atoms with Crippen LogP contribution in [0.2, 0.25) is 0 Å². The molecule has 2 rings (SSSR count). The van der Waals surface area contributed by atoms with E-state index in [9.17, 15) is 9.59 Å². The quantitative estimate of drug-likeness (QED) is 0.459. The summed E-state index contributed by atoms with van der Waals surface area (Å²) in [4.78, 5) is 23.4. The molecule has 2 aromatic carbocycles. The van der Waals surface area contributed by atoms with Gasteiger partial charge in [-0.3, -0.25) is 4.79 Å². The standard InChI is InChI=1S/C20H22O4/c1-20(2,3)24-19(22)18(13-21)16-9-11-17(12-10-16)23-14-15-7-5-4-6-8-15/h4-13,18H,14H2,1-3H3. The SMILES string of the molecule is CC(C)(C)OC(=O)C(C=O)c1ccc(OCc2ccccc2)cc1. The van der Waals surface area contributed by atoms with E-state index in [1.807, 2.05) is 30.3 Å². The average molecular weight is 326 g/mol. The predicted molar refractivity (Wildman–Crippen MR) is 91.9 cm³/mol. The highest BCUT2D eigenvalue weighted by Gasteiger charge is 2.26. The van der Waals surface area contributed by atoms with Gasteiger partial charge in [0.05, 0.1) is 0 Å². The highest BCUT2D eigenvalue weighted by atomic mass is 16.6. The normalized spacial score (nSPS) is 12.3. The van der Waals surface area contributed by atoms with Crippen LogP contribution in [0.5, 0.6) is 5.75 Å². The number of hydrogen-bond donors (Lipinski definition) is 0. The average Bonchev–Trinajstić information content (AvgIpc) is 2.54. The molecule has 126 valence electrons. The van der Waals surface area contributed by atoms with Crippen molar-refractivity contribution in [1.82, 2.24) is 0 Å². The lowest BCUT2D eigenvalue weighted by molar-refractivity contribution is -0.157. The maximum absolute atomic E-state index is 12.1. The Hall–Kier alpha value is -2.62. The summed E-state index contributed by atoms with van der Waals surface area (Å²) in [6.07, 6.45) is 0.605. The third-order valence-electron chi connectivity index (χ3n) is 3.28. The first-order chi connectivity index (χ1) is 11.4. The summed E-state index contributed by atoms with van der Waals surface area (Å²) in [6, 6.07) is 16.8. The minimum atomic E-state index is -0.924. The lowest BCUT2D eigenvalue weighted by Crippen LogP contribution is -2.28. The monoisotopic (exact) mass is 326 g/mol.